The number of benzene rings is 2. The van der Waals surface area contributed by atoms with Crippen molar-refractivity contribution in [1.82, 2.24) is 53.2 Å². The van der Waals surface area contributed by atoms with E-state index in [0.29, 0.717) is 11.1 Å². The summed E-state index contributed by atoms with van der Waals surface area (Å²) in [7, 11) is 0. The predicted octanol–water partition coefficient (Wildman–Crippen LogP) is -5.37. The van der Waals surface area contributed by atoms with E-state index in [1.165, 1.54) is 48.5 Å². The van der Waals surface area contributed by atoms with Crippen LogP contribution in [0.3, 0.4) is 0 Å². The zero-order valence-electron chi connectivity index (χ0n) is 49.8. The second-order valence-electron chi connectivity index (χ2n) is 21.5. The second kappa shape index (κ2) is 38.7. The molecule has 10 amide bonds. The van der Waals surface area contributed by atoms with E-state index in [0.717, 1.165) is 6.92 Å². The Morgan fingerprint density at radius 1 is 0.517 bits per heavy atom. The smallest absolute Gasteiger partial charge is 0.326 e. The standard InChI is InChI=1S/C55H84N14O18S2/c1-26(2)17-33(56)45(77)66-39(23-70)50(82)67-40(24-88)51(83)65-38(21-43(75)76)49(81)64-37(20-30-10-14-32(73)15-11-30)48(80)63-36(19-29-8-12-31(72)13-9-29)46(78)60-22-42(74)69-44(28(5)71)53(85)68-41(25-89)52(84)62-35(18-27(3)4)47(79)61-34(54(86)87)7-6-16-59-55(57)58/h8-15,26-28,33-41,44,70-73,88-89H,6-7,16-25,56H2,1-5H3,(H,60,78)(H,61,79)(H,62,84)(H,63,80)(H,64,81)(H,65,83)(H,66,77)(H,67,82)(H,68,85)(H,69,74)(H,75,76)(H,86,87)(H4,57,58,59)/t28-,33+,34+,35+,36+,37+,38+,39+,40+,41+,44+/m1/s1. The zero-order chi connectivity index (χ0) is 67.2. The molecule has 34 heteroatoms. The van der Waals surface area contributed by atoms with Gasteiger partial charge in [0, 0.05) is 30.9 Å². The molecule has 0 heterocycles. The summed E-state index contributed by atoms with van der Waals surface area (Å²) < 4.78 is 0. The molecule has 2 aromatic rings. The first kappa shape index (κ1) is 76.6. The van der Waals surface area contributed by atoms with Crippen molar-refractivity contribution in [3.63, 3.8) is 0 Å². The number of carboxylic acids is 2. The Bertz CT molecular complexity index is 2770. The van der Waals surface area contributed by atoms with Gasteiger partial charge in [-0.2, -0.15) is 25.3 Å². The summed E-state index contributed by atoms with van der Waals surface area (Å²) in [5, 5.41) is 83.5. The Hall–Kier alpha value is -8.47. The monoisotopic (exact) mass is 1290 g/mol. The fourth-order valence-electron chi connectivity index (χ4n) is 8.29. The maximum Gasteiger partial charge on any atom is 0.326 e. The molecule has 22 N–H and O–H groups in total. The van der Waals surface area contributed by atoms with Gasteiger partial charge in [-0.15, -0.1) is 0 Å². The number of aliphatic imine (C=N–C) groups is 1. The van der Waals surface area contributed by atoms with Gasteiger partial charge in [0.15, 0.2) is 5.96 Å². The molecule has 0 fully saturated rings. The number of rotatable bonds is 39. The number of thiol groups is 2. The van der Waals surface area contributed by atoms with E-state index in [2.05, 4.69) is 83.4 Å². The molecule has 2 rings (SSSR count). The van der Waals surface area contributed by atoms with Crippen molar-refractivity contribution in [3.8, 4) is 11.5 Å². The quantitative estimate of drug-likeness (QED) is 0.0129. The summed E-state index contributed by atoms with van der Waals surface area (Å²) in [4.78, 5) is 164. The number of aliphatic hydroxyl groups is 2. The van der Waals surface area contributed by atoms with Gasteiger partial charge >= 0.3 is 11.9 Å². The van der Waals surface area contributed by atoms with Crippen molar-refractivity contribution >= 4 is 102 Å². The Labute approximate surface area is 524 Å². The van der Waals surface area contributed by atoms with Crippen molar-refractivity contribution in [3.05, 3.63) is 59.7 Å². The van der Waals surface area contributed by atoms with E-state index >= 15 is 0 Å². The van der Waals surface area contributed by atoms with Crippen molar-refractivity contribution in [1.29, 1.82) is 0 Å². The first-order chi connectivity index (χ1) is 41.8. The minimum atomic E-state index is -1.97. The highest BCUT2D eigenvalue weighted by atomic mass is 32.1. The van der Waals surface area contributed by atoms with Crippen molar-refractivity contribution in [2.24, 2.45) is 34.0 Å². The van der Waals surface area contributed by atoms with Gasteiger partial charge in [-0.25, -0.2) is 4.79 Å². The number of hydrogen-bond donors (Lipinski definition) is 21. The number of hydrogen-bond acceptors (Lipinski definition) is 20. The fourth-order valence-corrected chi connectivity index (χ4v) is 8.81. The van der Waals surface area contributed by atoms with E-state index in [1.54, 1.807) is 27.7 Å². The van der Waals surface area contributed by atoms with Gasteiger partial charge in [0.1, 0.15) is 65.9 Å². The largest absolute Gasteiger partial charge is 0.508 e. The lowest BCUT2D eigenvalue weighted by Gasteiger charge is -2.27. The lowest BCUT2D eigenvalue weighted by Crippen LogP contribution is -2.61. The highest BCUT2D eigenvalue weighted by Gasteiger charge is 2.36. The van der Waals surface area contributed by atoms with Crippen LogP contribution in [0.1, 0.15) is 77.8 Å². The summed E-state index contributed by atoms with van der Waals surface area (Å²) >= 11 is 8.26. The molecule has 494 valence electrons. The average Bonchev–Trinajstić information content (AvgIpc) is 3.64. The van der Waals surface area contributed by atoms with Crippen molar-refractivity contribution in [2.75, 3.05) is 31.2 Å². The normalized spacial score (nSPS) is 14.8. The van der Waals surface area contributed by atoms with Crippen LogP contribution in [0.4, 0.5) is 0 Å². The number of amides is 10. The zero-order valence-corrected chi connectivity index (χ0v) is 51.6. The molecule has 89 heavy (non-hydrogen) atoms. The van der Waals surface area contributed by atoms with E-state index in [1.807, 2.05) is 0 Å². The summed E-state index contributed by atoms with van der Waals surface area (Å²) in [6.07, 6.45) is -3.15. The van der Waals surface area contributed by atoms with E-state index < -0.39 is 169 Å². The molecule has 0 aliphatic rings. The molecular formula is C55H84N14O18S2. The third kappa shape index (κ3) is 28.5. The van der Waals surface area contributed by atoms with Gasteiger partial charge in [0.05, 0.1) is 31.7 Å². The number of nitrogens with two attached hydrogens (primary N) is 3. The maximum absolute atomic E-state index is 14.4. The Morgan fingerprint density at radius 2 is 0.921 bits per heavy atom. The number of phenolic OH excluding ortho intramolecular Hbond substituents is 2. The maximum atomic E-state index is 14.4. The Kier molecular flexibility index (Phi) is 33.3. The van der Waals surface area contributed by atoms with Crippen LogP contribution in [0.15, 0.2) is 53.5 Å². The van der Waals surface area contributed by atoms with Gasteiger partial charge in [0.25, 0.3) is 0 Å². The number of aliphatic carboxylic acids is 2. The number of nitrogens with one attached hydrogen (secondary N) is 10. The molecule has 2 aromatic carbocycles. The number of nitrogens with zero attached hydrogens (tertiary/aromatic N) is 1. The van der Waals surface area contributed by atoms with Gasteiger partial charge in [-0.05, 0) is 79.8 Å². The highest BCUT2D eigenvalue weighted by molar-refractivity contribution is 7.80. The lowest BCUT2D eigenvalue weighted by molar-refractivity contribution is -0.142. The van der Waals surface area contributed by atoms with Crippen LogP contribution < -0.4 is 70.4 Å². The molecule has 0 saturated heterocycles. The van der Waals surface area contributed by atoms with Crippen LogP contribution in [0.2, 0.25) is 0 Å². The summed E-state index contributed by atoms with van der Waals surface area (Å²) in [6, 6.07) is -5.00. The van der Waals surface area contributed by atoms with Crippen LogP contribution in [-0.2, 0) is 70.4 Å². The number of guanidine groups is 1. The number of carbonyl (C=O) groups excluding carboxylic acids is 10. The third-order valence-corrected chi connectivity index (χ3v) is 13.7. The number of carboxylic acid groups (broad SMARTS) is 2. The summed E-state index contributed by atoms with van der Waals surface area (Å²) in [5.41, 5.74) is 17.2. The van der Waals surface area contributed by atoms with Crippen LogP contribution in [0.25, 0.3) is 0 Å². The van der Waals surface area contributed by atoms with Crippen LogP contribution in [0, 0.1) is 11.8 Å². The van der Waals surface area contributed by atoms with Gasteiger partial charge < -0.3 is 101 Å². The first-order valence-electron chi connectivity index (χ1n) is 28.1. The molecule has 0 bridgehead atoms. The number of phenols is 2. The van der Waals surface area contributed by atoms with E-state index in [-0.39, 0.29) is 73.7 Å². The predicted molar refractivity (Wildman–Crippen MR) is 327 cm³/mol. The molecule has 0 aliphatic carbocycles. The van der Waals surface area contributed by atoms with E-state index in [9.17, 15) is 88.2 Å². The first-order valence-corrected chi connectivity index (χ1v) is 29.4. The minimum Gasteiger partial charge on any atom is -0.508 e. The van der Waals surface area contributed by atoms with Crippen molar-refractivity contribution < 1.29 is 88.2 Å². The van der Waals surface area contributed by atoms with Gasteiger partial charge in [-0.1, -0.05) is 52.0 Å². The Morgan fingerprint density at radius 3 is 1.37 bits per heavy atom. The van der Waals surface area contributed by atoms with Crippen LogP contribution >= 0.6 is 25.3 Å². The fraction of sp³-hybridized carbons (Fsp3) is 0.545. The topological polar surface area (TPSA) is 537 Å². The van der Waals surface area contributed by atoms with Crippen LogP contribution in [0.5, 0.6) is 11.5 Å². The highest BCUT2D eigenvalue weighted by Crippen LogP contribution is 2.15. The Balaban J connectivity index is 2.38. The van der Waals surface area contributed by atoms with Crippen LogP contribution in [-0.4, -0.2) is 205 Å². The SMILES string of the molecule is CC(C)C[C@H](NC(=O)[C@H](CS)NC(=O)[C@@H](NC(=O)CNC(=O)[C@H](Cc1ccc(O)cc1)NC(=O)[C@H](Cc1ccc(O)cc1)NC(=O)[C@H](CC(=O)O)NC(=O)[C@H](CS)NC(=O)[C@H](CO)NC(=O)[C@@H](N)CC(C)C)[C@@H](C)O)C(=O)N[C@@H](CCCN=C(N)N)C(=O)O. The molecule has 0 unspecified atom stereocenters. The molecule has 11 atom stereocenters. The lowest BCUT2D eigenvalue weighted by atomic mass is 10.0. The molecule has 0 saturated carbocycles. The average molecular weight is 1290 g/mol. The summed E-state index contributed by atoms with van der Waals surface area (Å²) in [6.45, 7) is 6.42. The molecule has 0 aromatic heterocycles. The second-order valence-corrected chi connectivity index (χ2v) is 22.3. The minimum absolute atomic E-state index is 0.000742. The molecule has 0 aliphatic heterocycles. The molecule has 0 spiro atoms. The molecular weight excluding hydrogens is 1210 g/mol. The molecule has 32 nitrogen and oxygen atoms in total. The van der Waals surface area contributed by atoms with Gasteiger partial charge in [0.2, 0.25) is 59.1 Å². The third-order valence-electron chi connectivity index (χ3n) is 12.9. The number of aromatic hydroxyl groups is 2. The van der Waals surface area contributed by atoms with Crippen molar-refractivity contribution in [2.45, 2.75) is 146 Å². The van der Waals surface area contributed by atoms with Gasteiger partial charge in [-0.3, -0.25) is 57.7 Å². The van der Waals surface area contributed by atoms with E-state index in [4.69, 9.17) is 17.2 Å². The number of carbonyl (C=O) groups is 12. The molecule has 0 radical (unpaired) electrons. The number of aliphatic hydroxyl groups excluding tert-OH is 2. The summed E-state index contributed by atoms with van der Waals surface area (Å²) in [5.74, 6) is -15.1.